The van der Waals surface area contributed by atoms with Crippen molar-refractivity contribution in [2.45, 2.75) is 50.6 Å². The fraction of sp³-hybridized carbons (Fsp3) is 0.667. The van der Waals surface area contributed by atoms with Gasteiger partial charge < -0.3 is 19.3 Å². The number of likely N-dealkylation sites (tertiary alicyclic amines) is 2. The molecule has 4 fully saturated rings. The Labute approximate surface area is 183 Å². The lowest BCUT2D eigenvalue weighted by Gasteiger charge is -2.54. The van der Waals surface area contributed by atoms with Crippen LogP contribution in [0.15, 0.2) is 18.2 Å². The van der Waals surface area contributed by atoms with Crippen molar-refractivity contribution in [2.24, 2.45) is 11.8 Å². The number of hydrogen-bond donors (Lipinski definition) is 0. The van der Waals surface area contributed by atoms with Crippen LogP contribution in [-0.2, 0) is 4.79 Å². The van der Waals surface area contributed by atoms with E-state index in [1.54, 1.807) is 6.07 Å². The van der Waals surface area contributed by atoms with Crippen molar-refractivity contribution in [3.63, 3.8) is 0 Å². The zero-order valence-electron chi connectivity index (χ0n) is 18.0. The van der Waals surface area contributed by atoms with Gasteiger partial charge in [0.15, 0.2) is 11.5 Å². The van der Waals surface area contributed by atoms with E-state index in [1.165, 1.54) is 12.8 Å². The highest BCUT2D eigenvalue weighted by Crippen LogP contribution is 2.39. The molecule has 0 aromatic heterocycles. The van der Waals surface area contributed by atoms with Crippen LogP contribution < -0.4 is 9.47 Å². The van der Waals surface area contributed by atoms with Crippen LogP contribution in [0.5, 0.6) is 11.5 Å². The molecule has 0 saturated carbocycles. The van der Waals surface area contributed by atoms with Crippen LogP contribution >= 0.6 is 0 Å². The molecule has 2 bridgehead atoms. The normalized spacial score (nSPS) is 31.0. The fourth-order valence-corrected chi connectivity index (χ4v) is 6.59. The van der Waals surface area contributed by atoms with Crippen LogP contribution in [0.1, 0.15) is 48.9 Å². The number of amides is 2. The Balaban J connectivity index is 1.08. The molecule has 5 aliphatic rings. The third-order valence-electron chi connectivity index (χ3n) is 8.10. The van der Waals surface area contributed by atoms with E-state index >= 15 is 0 Å². The molecule has 0 spiro atoms. The van der Waals surface area contributed by atoms with Crippen molar-refractivity contribution in [3.8, 4) is 11.5 Å². The van der Waals surface area contributed by atoms with Crippen molar-refractivity contribution in [2.75, 3.05) is 39.5 Å². The Morgan fingerprint density at radius 3 is 2.71 bits per heavy atom. The van der Waals surface area contributed by atoms with E-state index in [4.69, 9.17) is 9.47 Å². The second-order valence-electron chi connectivity index (χ2n) is 9.91. The van der Waals surface area contributed by atoms with E-state index < -0.39 is 0 Å². The van der Waals surface area contributed by atoms with Gasteiger partial charge in [0.05, 0.1) is 0 Å². The Morgan fingerprint density at radius 1 is 1.00 bits per heavy atom. The molecule has 6 rings (SSSR count). The van der Waals surface area contributed by atoms with Crippen LogP contribution in [-0.4, -0.2) is 78.1 Å². The zero-order valence-corrected chi connectivity index (χ0v) is 18.0. The number of ether oxygens (including phenoxy) is 2. The Bertz CT molecular complexity index is 882. The molecule has 5 aliphatic heterocycles. The largest absolute Gasteiger partial charge is 0.454 e. The van der Waals surface area contributed by atoms with Crippen molar-refractivity contribution in [1.29, 1.82) is 0 Å². The maximum Gasteiger partial charge on any atom is 0.253 e. The lowest BCUT2D eigenvalue weighted by Crippen LogP contribution is -2.62. The van der Waals surface area contributed by atoms with Crippen LogP contribution in [0.4, 0.5) is 0 Å². The average molecular weight is 426 g/mol. The van der Waals surface area contributed by atoms with Gasteiger partial charge in [0, 0.05) is 56.8 Å². The first-order valence-electron chi connectivity index (χ1n) is 11.9. The van der Waals surface area contributed by atoms with Crippen molar-refractivity contribution in [3.05, 3.63) is 23.8 Å². The first kappa shape index (κ1) is 19.4. The molecule has 5 heterocycles. The second kappa shape index (κ2) is 7.69. The van der Waals surface area contributed by atoms with E-state index in [1.807, 2.05) is 17.0 Å². The highest BCUT2D eigenvalue weighted by Gasteiger charge is 2.45. The number of carbonyl (C=O) groups is 2. The smallest absolute Gasteiger partial charge is 0.253 e. The van der Waals surface area contributed by atoms with Gasteiger partial charge in [-0.05, 0) is 62.1 Å². The first-order valence-corrected chi connectivity index (χ1v) is 11.9. The minimum Gasteiger partial charge on any atom is -0.454 e. The molecule has 1 aromatic carbocycles. The van der Waals surface area contributed by atoms with Crippen LogP contribution in [0.3, 0.4) is 0 Å². The molecule has 0 radical (unpaired) electrons. The van der Waals surface area contributed by atoms with E-state index in [0.717, 1.165) is 58.4 Å². The van der Waals surface area contributed by atoms with Crippen LogP contribution in [0.2, 0.25) is 0 Å². The van der Waals surface area contributed by atoms with E-state index in [9.17, 15) is 9.59 Å². The highest BCUT2D eigenvalue weighted by molar-refractivity contribution is 5.95. The van der Waals surface area contributed by atoms with Gasteiger partial charge in [-0.25, -0.2) is 0 Å². The predicted molar refractivity (Wildman–Crippen MR) is 114 cm³/mol. The van der Waals surface area contributed by atoms with E-state index in [2.05, 4.69) is 9.80 Å². The highest BCUT2D eigenvalue weighted by atomic mass is 16.7. The summed E-state index contributed by atoms with van der Waals surface area (Å²) in [5.41, 5.74) is 0.678. The fourth-order valence-electron chi connectivity index (χ4n) is 6.59. The second-order valence-corrected chi connectivity index (χ2v) is 9.91. The minimum atomic E-state index is 0.0867. The molecule has 0 aliphatic carbocycles. The summed E-state index contributed by atoms with van der Waals surface area (Å²) in [5.74, 6) is 3.09. The minimum absolute atomic E-state index is 0.0867. The summed E-state index contributed by atoms with van der Waals surface area (Å²) in [6.07, 6.45) is 6.33. The van der Waals surface area contributed by atoms with Crippen molar-refractivity contribution in [1.82, 2.24) is 14.7 Å². The van der Waals surface area contributed by atoms with Crippen molar-refractivity contribution >= 4 is 11.8 Å². The molecule has 2 amide bonds. The summed E-state index contributed by atoms with van der Waals surface area (Å²) < 4.78 is 10.8. The molecule has 0 unspecified atom stereocenters. The SMILES string of the molecule is O=C(c1ccc2c(c1)OCO2)N1CCC(N2C[C@H]3C[C@H](C2)[C@H]2CCCC(=O)N2C3)CC1. The summed E-state index contributed by atoms with van der Waals surface area (Å²) >= 11 is 0. The number of benzene rings is 1. The van der Waals surface area contributed by atoms with Crippen LogP contribution in [0, 0.1) is 11.8 Å². The Hall–Kier alpha value is -2.28. The molecule has 7 heteroatoms. The van der Waals surface area contributed by atoms with E-state index in [0.29, 0.717) is 46.9 Å². The number of rotatable bonds is 2. The molecule has 0 N–H and O–H groups in total. The van der Waals surface area contributed by atoms with Gasteiger partial charge in [0.25, 0.3) is 5.91 Å². The van der Waals surface area contributed by atoms with Gasteiger partial charge in [0.1, 0.15) is 0 Å². The number of fused-ring (bicyclic) bond motifs is 5. The number of nitrogens with zero attached hydrogens (tertiary/aromatic N) is 3. The molecule has 31 heavy (non-hydrogen) atoms. The monoisotopic (exact) mass is 425 g/mol. The maximum atomic E-state index is 13.0. The third-order valence-corrected chi connectivity index (χ3v) is 8.10. The van der Waals surface area contributed by atoms with Gasteiger partial charge in [-0.15, -0.1) is 0 Å². The van der Waals surface area contributed by atoms with Gasteiger partial charge >= 0.3 is 0 Å². The predicted octanol–water partition coefficient (Wildman–Crippen LogP) is 2.35. The maximum absolute atomic E-state index is 13.0. The van der Waals surface area contributed by atoms with Gasteiger partial charge in [0.2, 0.25) is 12.7 Å². The Kier molecular flexibility index (Phi) is 4.82. The first-order chi connectivity index (χ1) is 15.2. The summed E-state index contributed by atoms with van der Waals surface area (Å²) in [6.45, 7) is 5.01. The molecular formula is C24H31N3O4. The topological polar surface area (TPSA) is 62.3 Å². The zero-order chi connectivity index (χ0) is 20.9. The third kappa shape index (κ3) is 3.47. The van der Waals surface area contributed by atoms with Gasteiger partial charge in [-0.3, -0.25) is 14.5 Å². The number of carbonyl (C=O) groups excluding carboxylic acids is 2. The lowest BCUT2D eigenvalue weighted by atomic mass is 9.75. The average Bonchev–Trinajstić information content (AvgIpc) is 3.27. The summed E-state index contributed by atoms with van der Waals surface area (Å²) in [5, 5.41) is 0. The van der Waals surface area contributed by atoms with E-state index in [-0.39, 0.29) is 12.7 Å². The number of piperidine rings is 4. The summed E-state index contributed by atoms with van der Waals surface area (Å²) in [7, 11) is 0. The van der Waals surface area contributed by atoms with Gasteiger partial charge in [-0.2, -0.15) is 0 Å². The Morgan fingerprint density at radius 2 is 1.84 bits per heavy atom. The quantitative estimate of drug-likeness (QED) is 0.728. The molecular weight excluding hydrogens is 394 g/mol. The van der Waals surface area contributed by atoms with Crippen molar-refractivity contribution < 1.29 is 19.1 Å². The lowest BCUT2D eigenvalue weighted by molar-refractivity contribution is -0.145. The molecule has 4 saturated heterocycles. The van der Waals surface area contributed by atoms with Crippen LogP contribution in [0.25, 0.3) is 0 Å². The molecule has 166 valence electrons. The molecule has 7 nitrogen and oxygen atoms in total. The summed E-state index contributed by atoms with van der Waals surface area (Å²) in [6, 6.07) is 6.49. The molecule has 3 atom stereocenters. The number of hydrogen-bond acceptors (Lipinski definition) is 5. The van der Waals surface area contributed by atoms with Gasteiger partial charge in [-0.1, -0.05) is 0 Å². The standard InChI is InChI=1S/C24H31N3O4/c28-23-3-1-2-20-18-10-16(13-27(20)23)12-26(14-18)19-6-8-25(9-7-19)24(29)17-4-5-21-22(11-17)31-15-30-21/h4-5,11,16,18-20H,1-3,6-10,12-15H2/t16-,18-,20-/m1/s1. The molecule has 1 aromatic rings. The summed E-state index contributed by atoms with van der Waals surface area (Å²) in [4.78, 5) is 32.3.